The molecule has 1 aliphatic rings. The van der Waals surface area contributed by atoms with Crippen molar-refractivity contribution in [1.82, 2.24) is 0 Å². The molecule has 280 valence electrons. The van der Waals surface area contributed by atoms with E-state index in [1.807, 2.05) is 36.4 Å². The number of methoxy groups -OCH3 is 6. The molecule has 52 heavy (non-hydrogen) atoms. The summed E-state index contributed by atoms with van der Waals surface area (Å²) in [7, 11) is 9.42. The Hall–Kier alpha value is -4.84. The first-order chi connectivity index (χ1) is 25.0. The fourth-order valence-corrected chi connectivity index (χ4v) is 6.54. The van der Waals surface area contributed by atoms with Crippen LogP contribution in [0.3, 0.4) is 0 Å². The van der Waals surface area contributed by atoms with Gasteiger partial charge in [0.2, 0.25) is 0 Å². The standard InChI is InChI=1S/C41H50O11/c1-23-18-34(26-10-16-32(37(19-26)48-8)50-24(2)39(42)27-11-14-30(44-4)35(20-27)46-6)52-41(23)29-13-17-33(38(22-29)49-9)51-25(3)40(43)28-12-15-31(45-5)36(21-28)47-7/h10-17,19-25,34,39-43H,18H2,1-9H3/t23-,24-,25-,34+,39+,40+,41+/m1/s1. The van der Waals surface area contributed by atoms with E-state index in [0.717, 1.165) is 17.5 Å². The average molecular weight is 719 g/mol. The topological polar surface area (TPSA) is 124 Å². The van der Waals surface area contributed by atoms with Crippen LogP contribution in [-0.2, 0) is 4.74 Å². The van der Waals surface area contributed by atoms with Gasteiger partial charge in [0.05, 0.1) is 54.9 Å². The molecule has 0 radical (unpaired) electrons. The van der Waals surface area contributed by atoms with Crippen molar-refractivity contribution in [2.24, 2.45) is 5.92 Å². The summed E-state index contributed by atoms with van der Waals surface area (Å²) in [6.07, 6.45) is -2.63. The van der Waals surface area contributed by atoms with Gasteiger partial charge in [0, 0.05) is 0 Å². The molecule has 0 amide bonds. The lowest BCUT2D eigenvalue weighted by Crippen LogP contribution is -2.22. The SMILES string of the molecule is COc1ccc([C@@H](O)[C@@H](C)Oc2ccc([C@@H]3C[C@@H](C)[C@@H](c4ccc(O[C@H](C)[C@H](O)c5ccc(OC)c(OC)c5)c(OC)c4)O3)cc2OC)cc1OC. The highest BCUT2D eigenvalue weighted by Crippen LogP contribution is 2.48. The summed E-state index contributed by atoms with van der Waals surface area (Å²) in [4.78, 5) is 0. The normalized spacial score (nSPS) is 19.2. The summed E-state index contributed by atoms with van der Waals surface area (Å²) < 4.78 is 51.9. The van der Waals surface area contributed by atoms with Gasteiger partial charge < -0.3 is 52.8 Å². The average Bonchev–Trinajstić information content (AvgIpc) is 3.57. The molecule has 1 heterocycles. The molecule has 0 unspecified atom stereocenters. The van der Waals surface area contributed by atoms with E-state index in [1.165, 1.54) is 0 Å². The van der Waals surface area contributed by atoms with Crippen molar-refractivity contribution in [2.45, 2.75) is 63.8 Å². The highest BCUT2D eigenvalue weighted by atomic mass is 16.5. The molecule has 1 fully saturated rings. The zero-order chi connectivity index (χ0) is 37.5. The van der Waals surface area contributed by atoms with Gasteiger partial charge in [-0.1, -0.05) is 31.2 Å². The minimum Gasteiger partial charge on any atom is -0.493 e. The lowest BCUT2D eigenvalue weighted by atomic mass is 9.94. The number of aliphatic hydroxyl groups excluding tert-OH is 2. The first kappa shape index (κ1) is 38.4. The fourth-order valence-electron chi connectivity index (χ4n) is 6.54. The number of ether oxygens (including phenoxy) is 9. The number of hydrogen-bond donors (Lipinski definition) is 2. The summed E-state index contributed by atoms with van der Waals surface area (Å²) in [5.74, 6) is 4.49. The van der Waals surface area contributed by atoms with Gasteiger partial charge in [0.25, 0.3) is 0 Å². The minimum atomic E-state index is -0.928. The van der Waals surface area contributed by atoms with Gasteiger partial charge >= 0.3 is 0 Å². The predicted octanol–water partition coefficient (Wildman–Crippen LogP) is 7.58. The van der Waals surface area contributed by atoms with Crippen molar-refractivity contribution < 1.29 is 52.8 Å². The van der Waals surface area contributed by atoms with Crippen LogP contribution in [0.4, 0.5) is 0 Å². The quantitative estimate of drug-likeness (QED) is 0.119. The third-order valence-corrected chi connectivity index (χ3v) is 9.50. The predicted molar refractivity (Wildman–Crippen MR) is 196 cm³/mol. The van der Waals surface area contributed by atoms with Crippen LogP contribution in [0, 0.1) is 5.92 Å². The molecule has 1 saturated heterocycles. The third-order valence-electron chi connectivity index (χ3n) is 9.50. The molecule has 0 aliphatic carbocycles. The number of hydrogen-bond acceptors (Lipinski definition) is 11. The molecule has 4 aromatic rings. The van der Waals surface area contributed by atoms with Gasteiger partial charge in [-0.2, -0.15) is 0 Å². The van der Waals surface area contributed by atoms with Gasteiger partial charge in [-0.05, 0) is 97.0 Å². The van der Waals surface area contributed by atoms with E-state index in [1.54, 1.807) is 92.9 Å². The summed E-state index contributed by atoms with van der Waals surface area (Å²) >= 11 is 0. The minimum absolute atomic E-state index is 0.184. The molecule has 11 nitrogen and oxygen atoms in total. The molecule has 11 heteroatoms. The third kappa shape index (κ3) is 8.28. The Morgan fingerprint density at radius 3 is 1.35 bits per heavy atom. The second-order valence-electron chi connectivity index (χ2n) is 12.8. The molecule has 7 atom stereocenters. The van der Waals surface area contributed by atoms with Gasteiger partial charge in [0.1, 0.15) is 24.4 Å². The Bertz CT molecular complexity index is 1790. The van der Waals surface area contributed by atoms with Gasteiger partial charge in [-0.25, -0.2) is 0 Å². The van der Waals surface area contributed by atoms with E-state index in [4.69, 9.17) is 42.6 Å². The van der Waals surface area contributed by atoms with E-state index in [0.29, 0.717) is 57.1 Å². The zero-order valence-corrected chi connectivity index (χ0v) is 31.2. The summed E-state index contributed by atoms with van der Waals surface area (Å²) in [5, 5.41) is 22.2. The second kappa shape index (κ2) is 17.1. The van der Waals surface area contributed by atoms with E-state index in [-0.39, 0.29) is 18.1 Å². The Kier molecular flexibility index (Phi) is 12.6. The Labute approximate surface area is 305 Å². The van der Waals surface area contributed by atoms with Crippen LogP contribution in [-0.4, -0.2) is 65.1 Å². The van der Waals surface area contributed by atoms with E-state index in [9.17, 15) is 10.2 Å². The van der Waals surface area contributed by atoms with Gasteiger partial charge in [-0.15, -0.1) is 0 Å². The first-order valence-corrected chi connectivity index (χ1v) is 17.2. The van der Waals surface area contributed by atoms with Crippen LogP contribution >= 0.6 is 0 Å². The van der Waals surface area contributed by atoms with E-state index < -0.39 is 24.4 Å². The molecular formula is C41H50O11. The second-order valence-corrected chi connectivity index (χ2v) is 12.8. The number of aliphatic hydroxyl groups is 2. The molecular weight excluding hydrogens is 668 g/mol. The summed E-state index contributed by atoms with van der Waals surface area (Å²) in [6.45, 7) is 5.76. The number of benzene rings is 4. The highest BCUT2D eigenvalue weighted by molar-refractivity contribution is 5.47. The molecule has 5 rings (SSSR count). The molecule has 0 aromatic heterocycles. The molecule has 1 aliphatic heterocycles. The lowest BCUT2D eigenvalue weighted by molar-refractivity contribution is 0.0335. The molecule has 0 spiro atoms. The van der Waals surface area contributed by atoms with Crippen LogP contribution < -0.4 is 37.9 Å². The van der Waals surface area contributed by atoms with Crippen molar-refractivity contribution in [3.63, 3.8) is 0 Å². The molecule has 0 bridgehead atoms. The molecule has 4 aromatic carbocycles. The summed E-state index contributed by atoms with van der Waals surface area (Å²) in [5.41, 5.74) is 3.18. The van der Waals surface area contributed by atoms with Crippen LogP contribution in [0.2, 0.25) is 0 Å². The van der Waals surface area contributed by atoms with Crippen molar-refractivity contribution >= 4 is 0 Å². The maximum Gasteiger partial charge on any atom is 0.161 e. The Balaban J connectivity index is 1.26. The zero-order valence-electron chi connectivity index (χ0n) is 31.2. The van der Waals surface area contributed by atoms with Crippen molar-refractivity contribution in [1.29, 1.82) is 0 Å². The van der Waals surface area contributed by atoms with Crippen LogP contribution in [0.5, 0.6) is 46.0 Å². The van der Waals surface area contributed by atoms with Crippen molar-refractivity contribution in [3.05, 3.63) is 95.1 Å². The maximum absolute atomic E-state index is 11.1. The van der Waals surface area contributed by atoms with E-state index >= 15 is 0 Å². The van der Waals surface area contributed by atoms with Crippen LogP contribution in [0.1, 0.15) is 73.9 Å². The van der Waals surface area contributed by atoms with Gasteiger partial charge in [0.15, 0.2) is 46.0 Å². The lowest BCUT2D eigenvalue weighted by Gasteiger charge is -2.24. The van der Waals surface area contributed by atoms with Crippen LogP contribution in [0.15, 0.2) is 72.8 Å². The largest absolute Gasteiger partial charge is 0.493 e. The first-order valence-electron chi connectivity index (χ1n) is 17.2. The fraction of sp³-hybridized carbons (Fsp3) is 0.415. The van der Waals surface area contributed by atoms with E-state index in [2.05, 4.69) is 6.92 Å². The smallest absolute Gasteiger partial charge is 0.161 e. The Morgan fingerprint density at radius 2 is 0.904 bits per heavy atom. The molecule has 2 N–H and O–H groups in total. The summed E-state index contributed by atoms with van der Waals surface area (Å²) in [6, 6.07) is 22.0. The number of rotatable bonds is 16. The Morgan fingerprint density at radius 1 is 0.519 bits per heavy atom. The molecule has 0 saturated carbocycles. The maximum atomic E-state index is 11.1. The van der Waals surface area contributed by atoms with Gasteiger partial charge in [-0.3, -0.25) is 0 Å². The van der Waals surface area contributed by atoms with Crippen molar-refractivity contribution in [2.75, 3.05) is 42.7 Å². The highest BCUT2D eigenvalue weighted by Gasteiger charge is 2.35. The monoisotopic (exact) mass is 718 g/mol. The van der Waals surface area contributed by atoms with Crippen molar-refractivity contribution in [3.8, 4) is 46.0 Å². The van der Waals surface area contributed by atoms with Crippen LogP contribution in [0.25, 0.3) is 0 Å².